The number of aromatic nitrogens is 1. The van der Waals surface area contributed by atoms with Crippen molar-refractivity contribution in [2.75, 3.05) is 33.7 Å². The Kier molecular flexibility index (Phi) is 6.61. The lowest BCUT2D eigenvalue weighted by molar-refractivity contribution is -0.119. The first-order valence-corrected chi connectivity index (χ1v) is 10.8. The van der Waals surface area contributed by atoms with E-state index in [9.17, 15) is 9.59 Å². The van der Waals surface area contributed by atoms with Crippen LogP contribution < -0.4 is 19.5 Å². The number of methoxy groups -OCH3 is 3. The summed E-state index contributed by atoms with van der Waals surface area (Å²) in [6.45, 7) is 0. The van der Waals surface area contributed by atoms with Crippen molar-refractivity contribution >= 4 is 29.1 Å². The molecule has 9 heteroatoms. The number of halogens is 1. The minimum absolute atomic E-state index is 0.241. The summed E-state index contributed by atoms with van der Waals surface area (Å²) in [5.41, 5.74) is 2.02. The normalized spacial score (nSPS) is 17.1. The number of anilines is 1. The van der Waals surface area contributed by atoms with E-state index in [2.05, 4.69) is 10.3 Å². The number of ether oxygens (including phenoxy) is 3. The Labute approximate surface area is 202 Å². The number of hydrogen-bond acceptors (Lipinski definition) is 6. The number of benzene rings is 2. The van der Waals surface area contributed by atoms with E-state index in [1.54, 1.807) is 60.7 Å². The van der Waals surface area contributed by atoms with E-state index in [0.29, 0.717) is 39.1 Å². The van der Waals surface area contributed by atoms with Crippen LogP contribution in [0.2, 0.25) is 5.02 Å². The van der Waals surface area contributed by atoms with Gasteiger partial charge in [-0.2, -0.15) is 0 Å². The topological polar surface area (TPSA) is 90.0 Å². The SMILES string of the molecule is COc1ccc(Cl)cc1NC(=O)[C@H]1c2cc(OC)c(OC)cc2C(=O)N(C)[C@@H]1c1cccnc1. The third kappa shape index (κ3) is 4.12. The number of pyridine rings is 1. The van der Waals surface area contributed by atoms with Crippen LogP contribution in [-0.2, 0) is 4.79 Å². The second-order valence-electron chi connectivity index (χ2n) is 7.75. The van der Waals surface area contributed by atoms with Gasteiger partial charge in [0.25, 0.3) is 5.91 Å². The average Bonchev–Trinajstić information content (AvgIpc) is 2.85. The van der Waals surface area contributed by atoms with Gasteiger partial charge in [0.2, 0.25) is 5.91 Å². The molecule has 1 aliphatic heterocycles. The van der Waals surface area contributed by atoms with Crippen molar-refractivity contribution in [3.63, 3.8) is 0 Å². The summed E-state index contributed by atoms with van der Waals surface area (Å²) < 4.78 is 16.3. The fourth-order valence-electron chi connectivity index (χ4n) is 4.29. The number of amides is 2. The Morgan fingerprint density at radius 3 is 2.38 bits per heavy atom. The molecule has 3 aromatic rings. The fraction of sp³-hybridized carbons (Fsp3) is 0.240. The molecule has 2 aromatic carbocycles. The molecule has 4 rings (SSSR count). The quantitative estimate of drug-likeness (QED) is 0.564. The standard InChI is InChI=1S/C25H24ClN3O5/c1-29-23(14-6-5-9-27-13-14)22(24(30)28-18-10-15(26)7-8-19(18)32-2)16-11-20(33-3)21(34-4)12-17(16)25(29)31/h5-13,22-23H,1-4H3,(H,28,30)/t22-,23+/m0/s1. The van der Waals surface area contributed by atoms with Crippen LogP contribution in [0.1, 0.15) is 33.4 Å². The summed E-state index contributed by atoms with van der Waals surface area (Å²) in [6, 6.07) is 11.2. The zero-order chi connectivity index (χ0) is 24.4. The lowest BCUT2D eigenvalue weighted by Gasteiger charge is -2.40. The molecule has 0 spiro atoms. The van der Waals surface area contributed by atoms with Gasteiger partial charge in [0.05, 0.1) is 39.0 Å². The maximum Gasteiger partial charge on any atom is 0.254 e. The predicted molar refractivity (Wildman–Crippen MR) is 128 cm³/mol. The van der Waals surface area contributed by atoms with Crippen molar-refractivity contribution in [1.29, 1.82) is 0 Å². The Morgan fingerprint density at radius 2 is 1.74 bits per heavy atom. The highest BCUT2D eigenvalue weighted by molar-refractivity contribution is 6.31. The highest BCUT2D eigenvalue weighted by Crippen LogP contribution is 2.46. The molecule has 34 heavy (non-hydrogen) atoms. The molecular formula is C25H24ClN3O5. The molecule has 0 saturated carbocycles. The molecule has 8 nitrogen and oxygen atoms in total. The molecule has 1 aliphatic rings. The summed E-state index contributed by atoms with van der Waals surface area (Å²) in [6.07, 6.45) is 3.29. The van der Waals surface area contributed by atoms with E-state index in [4.69, 9.17) is 25.8 Å². The predicted octanol–water partition coefficient (Wildman–Crippen LogP) is 4.31. The smallest absolute Gasteiger partial charge is 0.254 e. The first-order valence-electron chi connectivity index (χ1n) is 10.5. The number of likely N-dealkylation sites (N-methyl/N-ethyl adjacent to an activating group) is 1. The van der Waals surface area contributed by atoms with Crippen LogP contribution in [0, 0.1) is 0 Å². The monoisotopic (exact) mass is 481 g/mol. The lowest BCUT2D eigenvalue weighted by Crippen LogP contribution is -2.44. The van der Waals surface area contributed by atoms with Crippen molar-refractivity contribution in [3.05, 3.63) is 76.6 Å². The van der Waals surface area contributed by atoms with Gasteiger partial charge >= 0.3 is 0 Å². The van der Waals surface area contributed by atoms with Crippen molar-refractivity contribution < 1.29 is 23.8 Å². The summed E-state index contributed by atoms with van der Waals surface area (Å²) in [5.74, 6) is -0.0922. The Bertz CT molecular complexity index is 1230. The minimum Gasteiger partial charge on any atom is -0.495 e. The molecule has 2 heterocycles. The van der Waals surface area contributed by atoms with E-state index in [1.165, 1.54) is 21.3 Å². The highest BCUT2D eigenvalue weighted by atomic mass is 35.5. The van der Waals surface area contributed by atoms with Gasteiger partial charge in [-0.3, -0.25) is 14.6 Å². The molecule has 0 fully saturated rings. The number of nitrogens with zero attached hydrogens (tertiary/aromatic N) is 2. The summed E-state index contributed by atoms with van der Waals surface area (Å²) in [7, 11) is 6.18. The second kappa shape index (κ2) is 9.61. The number of fused-ring (bicyclic) bond motifs is 1. The first kappa shape index (κ1) is 23.4. The Balaban J connectivity index is 1.89. The molecule has 176 valence electrons. The van der Waals surface area contributed by atoms with Gasteiger partial charge in [-0.1, -0.05) is 17.7 Å². The molecule has 2 atom stereocenters. The van der Waals surface area contributed by atoms with Crippen LogP contribution in [0.15, 0.2) is 54.9 Å². The van der Waals surface area contributed by atoms with Crippen LogP contribution in [-0.4, -0.2) is 50.1 Å². The molecular weight excluding hydrogens is 458 g/mol. The zero-order valence-corrected chi connectivity index (χ0v) is 19.9. The van der Waals surface area contributed by atoms with Crippen LogP contribution in [0.5, 0.6) is 17.2 Å². The van der Waals surface area contributed by atoms with Crippen molar-refractivity contribution in [1.82, 2.24) is 9.88 Å². The molecule has 0 radical (unpaired) electrons. The molecule has 1 N–H and O–H groups in total. The van der Waals surface area contributed by atoms with Gasteiger partial charge in [0, 0.05) is 30.0 Å². The van der Waals surface area contributed by atoms with Crippen molar-refractivity contribution in [2.45, 2.75) is 12.0 Å². The van der Waals surface area contributed by atoms with Gasteiger partial charge in [0.15, 0.2) is 11.5 Å². The molecule has 0 bridgehead atoms. The van der Waals surface area contributed by atoms with Crippen LogP contribution in [0.25, 0.3) is 0 Å². The molecule has 0 unspecified atom stereocenters. The third-order valence-corrected chi connectivity index (χ3v) is 6.14. The maximum atomic E-state index is 13.9. The third-order valence-electron chi connectivity index (χ3n) is 5.90. The molecule has 0 saturated heterocycles. The number of hydrogen-bond donors (Lipinski definition) is 1. The van der Waals surface area contributed by atoms with Gasteiger partial charge in [-0.05, 0) is 47.5 Å². The van der Waals surface area contributed by atoms with Gasteiger partial charge < -0.3 is 24.4 Å². The van der Waals surface area contributed by atoms with E-state index in [-0.39, 0.29) is 11.8 Å². The van der Waals surface area contributed by atoms with Gasteiger partial charge in [-0.15, -0.1) is 0 Å². The minimum atomic E-state index is -0.787. The van der Waals surface area contributed by atoms with E-state index in [0.717, 1.165) is 5.56 Å². The van der Waals surface area contributed by atoms with Crippen LogP contribution in [0.4, 0.5) is 5.69 Å². The Morgan fingerprint density at radius 1 is 1.03 bits per heavy atom. The number of nitrogens with one attached hydrogen (secondary N) is 1. The van der Waals surface area contributed by atoms with E-state index in [1.807, 2.05) is 6.07 Å². The Hall–Kier alpha value is -3.78. The highest BCUT2D eigenvalue weighted by Gasteiger charge is 2.44. The average molecular weight is 482 g/mol. The number of carbonyl (C=O) groups excluding carboxylic acids is 2. The number of carbonyl (C=O) groups is 2. The van der Waals surface area contributed by atoms with Crippen molar-refractivity contribution in [3.8, 4) is 17.2 Å². The number of rotatable bonds is 6. The van der Waals surface area contributed by atoms with Crippen LogP contribution >= 0.6 is 11.6 Å². The molecule has 1 aromatic heterocycles. The zero-order valence-electron chi connectivity index (χ0n) is 19.2. The van der Waals surface area contributed by atoms with Gasteiger partial charge in [0.1, 0.15) is 5.75 Å². The summed E-state index contributed by atoms with van der Waals surface area (Å²) in [5, 5.41) is 3.38. The summed E-state index contributed by atoms with van der Waals surface area (Å²) >= 11 is 6.17. The fourth-order valence-corrected chi connectivity index (χ4v) is 4.46. The first-order chi connectivity index (χ1) is 16.4. The van der Waals surface area contributed by atoms with Crippen LogP contribution in [0.3, 0.4) is 0 Å². The maximum absolute atomic E-state index is 13.9. The van der Waals surface area contributed by atoms with E-state index < -0.39 is 12.0 Å². The molecule has 0 aliphatic carbocycles. The van der Waals surface area contributed by atoms with Gasteiger partial charge in [-0.25, -0.2) is 0 Å². The largest absolute Gasteiger partial charge is 0.495 e. The van der Waals surface area contributed by atoms with E-state index >= 15 is 0 Å². The van der Waals surface area contributed by atoms with Crippen molar-refractivity contribution in [2.24, 2.45) is 0 Å². The lowest BCUT2D eigenvalue weighted by atomic mass is 9.79. The second-order valence-corrected chi connectivity index (χ2v) is 8.19. The molecule has 2 amide bonds. The summed E-state index contributed by atoms with van der Waals surface area (Å²) in [4.78, 5) is 33.0.